The van der Waals surface area contributed by atoms with E-state index in [0.29, 0.717) is 10.3 Å². The van der Waals surface area contributed by atoms with Gasteiger partial charge in [-0.05, 0) is 49.9 Å². The Bertz CT molecular complexity index is 571. The number of methoxy groups -OCH3 is 1. The Morgan fingerprint density at radius 1 is 1.32 bits per heavy atom. The zero-order valence-electron chi connectivity index (χ0n) is 18.0. The summed E-state index contributed by atoms with van der Waals surface area (Å²) in [5.41, 5.74) is 0.329. The van der Waals surface area contributed by atoms with Crippen LogP contribution >= 0.6 is 11.3 Å². The first-order valence-corrected chi connectivity index (χ1v) is 12.1. The summed E-state index contributed by atoms with van der Waals surface area (Å²) in [5.74, 6) is 0.695. The number of hydrogen-bond acceptors (Lipinski definition) is 5. The lowest BCUT2D eigenvalue weighted by atomic mass is 9.62. The monoisotopic (exact) mass is 409 g/mol. The number of aliphatic hydroxyl groups is 1. The van der Waals surface area contributed by atoms with Crippen LogP contribution in [0.1, 0.15) is 106 Å². The Morgan fingerprint density at radius 2 is 2.04 bits per heavy atom. The highest BCUT2D eigenvalue weighted by atomic mass is 32.1. The van der Waals surface area contributed by atoms with Gasteiger partial charge in [0.05, 0.1) is 24.4 Å². The lowest BCUT2D eigenvalue weighted by Crippen LogP contribution is -2.40. The first-order chi connectivity index (χ1) is 13.5. The maximum atomic E-state index is 11.0. The number of carbonyl (C=O) groups is 1. The SMILES string of the molecule is CCC1(C(O)CCCC2CCCC2)CCC1.CCCc1ncc(C(=O)OC)s1. The lowest BCUT2D eigenvalue weighted by molar-refractivity contribution is -0.0435. The predicted molar refractivity (Wildman–Crippen MR) is 116 cm³/mol. The smallest absolute Gasteiger partial charge is 0.349 e. The van der Waals surface area contributed by atoms with Crippen LogP contribution in [0.15, 0.2) is 6.20 Å². The molecule has 0 aromatic carbocycles. The molecule has 28 heavy (non-hydrogen) atoms. The average molecular weight is 410 g/mol. The van der Waals surface area contributed by atoms with Crippen molar-refractivity contribution in [1.29, 1.82) is 0 Å². The zero-order valence-corrected chi connectivity index (χ0v) is 18.9. The second kappa shape index (κ2) is 11.9. The summed E-state index contributed by atoms with van der Waals surface area (Å²) < 4.78 is 4.56. The molecule has 3 rings (SSSR count). The van der Waals surface area contributed by atoms with Gasteiger partial charge < -0.3 is 9.84 Å². The summed E-state index contributed by atoms with van der Waals surface area (Å²) in [5, 5.41) is 11.3. The van der Waals surface area contributed by atoms with E-state index in [1.165, 1.54) is 82.7 Å². The summed E-state index contributed by atoms with van der Waals surface area (Å²) in [4.78, 5) is 15.7. The number of hydrogen-bond donors (Lipinski definition) is 1. The molecule has 2 fully saturated rings. The fourth-order valence-corrected chi connectivity index (χ4v) is 5.53. The van der Waals surface area contributed by atoms with Crippen molar-refractivity contribution in [2.24, 2.45) is 11.3 Å². The molecular formula is C23H39NO3S. The quantitative estimate of drug-likeness (QED) is 0.495. The predicted octanol–water partition coefficient (Wildman–Crippen LogP) is 6.17. The summed E-state index contributed by atoms with van der Waals surface area (Å²) in [6.45, 7) is 4.33. The number of carbonyl (C=O) groups excluding carboxylic acids is 1. The molecule has 1 aromatic heterocycles. The van der Waals surface area contributed by atoms with Crippen LogP contribution < -0.4 is 0 Å². The van der Waals surface area contributed by atoms with Crippen molar-refractivity contribution >= 4 is 17.3 Å². The van der Waals surface area contributed by atoms with Crippen LogP contribution in [0, 0.1) is 11.3 Å². The van der Waals surface area contributed by atoms with Crippen molar-refractivity contribution in [3.05, 3.63) is 16.1 Å². The van der Waals surface area contributed by atoms with Gasteiger partial charge >= 0.3 is 5.97 Å². The van der Waals surface area contributed by atoms with Crippen LogP contribution in [0.4, 0.5) is 0 Å². The molecule has 1 heterocycles. The van der Waals surface area contributed by atoms with Gasteiger partial charge in [-0.1, -0.05) is 58.8 Å². The minimum absolute atomic E-state index is 0.00680. The molecule has 2 aliphatic rings. The highest BCUT2D eigenvalue weighted by molar-refractivity contribution is 7.13. The maximum absolute atomic E-state index is 11.0. The fourth-order valence-electron chi connectivity index (χ4n) is 4.59. The molecule has 0 radical (unpaired) electrons. The number of aliphatic hydroxyl groups excluding tert-OH is 1. The Morgan fingerprint density at radius 3 is 2.57 bits per heavy atom. The third kappa shape index (κ3) is 6.55. The van der Waals surface area contributed by atoms with Crippen molar-refractivity contribution in [1.82, 2.24) is 4.98 Å². The van der Waals surface area contributed by atoms with Gasteiger partial charge in [0.1, 0.15) is 4.88 Å². The number of esters is 1. The van der Waals surface area contributed by atoms with Crippen molar-refractivity contribution in [2.75, 3.05) is 7.11 Å². The molecule has 1 aromatic rings. The average Bonchev–Trinajstić information content (AvgIpc) is 3.34. The Kier molecular flexibility index (Phi) is 9.93. The van der Waals surface area contributed by atoms with Gasteiger partial charge in [0.25, 0.3) is 0 Å². The van der Waals surface area contributed by atoms with E-state index in [1.807, 2.05) is 0 Å². The summed E-state index contributed by atoms with van der Waals surface area (Å²) in [6, 6.07) is 0. The molecule has 5 heteroatoms. The van der Waals surface area contributed by atoms with Crippen molar-refractivity contribution < 1.29 is 14.6 Å². The molecule has 4 nitrogen and oxygen atoms in total. The van der Waals surface area contributed by atoms with Crippen LogP contribution in [-0.2, 0) is 11.2 Å². The van der Waals surface area contributed by atoms with E-state index in [1.54, 1.807) is 6.20 Å². The van der Waals surface area contributed by atoms with E-state index >= 15 is 0 Å². The summed E-state index contributed by atoms with van der Waals surface area (Å²) >= 11 is 1.40. The van der Waals surface area contributed by atoms with Crippen molar-refractivity contribution in [3.63, 3.8) is 0 Å². The molecule has 1 N–H and O–H groups in total. The van der Waals surface area contributed by atoms with Crippen LogP contribution in [0.3, 0.4) is 0 Å². The number of aromatic nitrogens is 1. The highest BCUT2D eigenvalue weighted by Gasteiger charge is 2.41. The van der Waals surface area contributed by atoms with E-state index in [2.05, 4.69) is 23.6 Å². The molecule has 1 atom stereocenters. The van der Waals surface area contributed by atoms with E-state index in [-0.39, 0.29) is 12.1 Å². The van der Waals surface area contributed by atoms with Gasteiger partial charge in [-0.25, -0.2) is 9.78 Å². The van der Waals surface area contributed by atoms with E-state index in [0.717, 1.165) is 30.2 Å². The van der Waals surface area contributed by atoms with E-state index in [4.69, 9.17) is 0 Å². The maximum Gasteiger partial charge on any atom is 0.349 e. The molecule has 0 bridgehead atoms. The van der Waals surface area contributed by atoms with Crippen LogP contribution in [-0.4, -0.2) is 29.3 Å². The van der Waals surface area contributed by atoms with Gasteiger partial charge in [-0.3, -0.25) is 0 Å². The fraction of sp³-hybridized carbons (Fsp3) is 0.826. The summed E-state index contributed by atoms with van der Waals surface area (Å²) in [6.07, 6.45) is 18.1. The van der Waals surface area contributed by atoms with Gasteiger partial charge in [0.2, 0.25) is 0 Å². The second-order valence-corrected chi connectivity index (χ2v) is 9.64. The zero-order chi connectivity index (χ0) is 20.4. The minimum Gasteiger partial charge on any atom is -0.465 e. The number of ether oxygens (including phenoxy) is 1. The van der Waals surface area contributed by atoms with Crippen LogP contribution in [0.5, 0.6) is 0 Å². The molecule has 0 spiro atoms. The Labute approximate surface area is 175 Å². The second-order valence-electron chi connectivity index (χ2n) is 8.53. The van der Waals surface area contributed by atoms with Crippen molar-refractivity contribution in [3.8, 4) is 0 Å². The molecule has 1 unspecified atom stereocenters. The van der Waals surface area contributed by atoms with Crippen molar-refractivity contribution in [2.45, 2.75) is 103 Å². The minimum atomic E-state index is -0.296. The van der Waals surface area contributed by atoms with Gasteiger partial charge in [0, 0.05) is 0 Å². The lowest BCUT2D eigenvalue weighted by Gasteiger charge is -2.45. The molecule has 0 saturated heterocycles. The van der Waals surface area contributed by atoms with Gasteiger partial charge in [-0.2, -0.15) is 0 Å². The summed E-state index contributed by atoms with van der Waals surface area (Å²) in [7, 11) is 1.38. The number of thiazole rings is 1. The Hall–Kier alpha value is -0.940. The molecule has 2 saturated carbocycles. The molecule has 0 amide bonds. The number of rotatable bonds is 9. The van der Waals surface area contributed by atoms with E-state index < -0.39 is 0 Å². The first-order valence-electron chi connectivity index (χ1n) is 11.3. The Balaban J connectivity index is 0.000000209. The molecule has 2 aliphatic carbocycles. The molecular weight excluding hydrogens is 370 g/mol. The number of nitrogens with zero attached hydrogens (tertiary/aromatic N) is 1. The first kappa shape index (κ1) is 23.3. The van der Waals surface area contributed by atoms with Gasteiger partial charge in [0.15, 0.2) is 0 Å². The largest absolute Gasteiger partial charge is 0.465 e. The highest BCUT2D eigenvalue weighted by Crippen LogP contribution is 2.48. The molecule has 0 aliphatic heterocycles. The standard InChI is InChI=1S/C15H28O.C8H11NO2S/c1-2-15(11-6-12-15)14(16)10-5-9-13-7-3-4-8-13;1-3-4-7-9-5-6(12-7)8(10)11-2/h13-14,16H,2-12H2,1H3;5H,3-4H2,1-2H3. The van der Waals surface area contributed by atoms with Crippen LogP contribution in [0.2, 0.25) is 0 Å². The van der Waals surface area contributed by atoms with Crippen LogP contribution in [0.25, 0.3) is 0 Å². The normalized spacial score (nSPS) is 19.4. The third-order valence-electron chi connectivity index (χ3n) is 6.73. The van der Waals surface area contributed by atoms with E-state index in [9.17, 15) is 9.90 Å². The molecule has 160 valence electrons. The topological polar surface area (TPSA) is 59.4 Å². The number of aryl methyl sites for hydroxylation is 1. The van der Waals surface area contributed by atoms with Gasteiger partial charge in [-0.15, -0.1) is 11.3 Å². The third-order valence-corrected chi connectivity index (χ3v) is 7.77.